The zero-order chi connectivity index (χ0) is 29.5. The zero-order valence-electron chi connectivity index (χ0n) is 23.5. The fourth-order valence-electron chi connectivity index (χ4n) is 4.59. The van der Waals surface area contributed by atoms with E-state index in [1.807, 2.05) is 48.5 Å². The van der Waals surface area contributed by atoms with Crippen LogP contribution in [0.3, 0.4) is 0 Å². The Labute approximate surface area is 242 Å². The van der Waals surface area contributed by atoms with Crippen LogP contribution < -0.4 is 14.9 Å². The minimum atomic E-state index is -0.559. The van der Waals surface area contributed by atoms with Crippen LogP contribution in [0.2, 0.25) is 0 Å². The van der Waals surface area contributed by atoms with Crippen molar-refractivity contribution in [3.05, 3.63) is 113 Å². The molecule has 2 N–H and O–H groups in total. The highest BCUT2D eigenvalue weighted by molar-refractivity contribution is 5.97. The number of carbonyl (C=O) groups excluding carboxylic acids is 1. The van der Waals surface area contributed by atoms with Crippen LogP contribution in [0, 0.1) is 5.82 Å². The van der Waals surface area contributed by atoms with Gasteiger partial charge in [0.05, 0.1) is 0 Å². The largest absolute Gasteiger partial charge is 0.504 e. The van der Waals surface area contributed by atoms with Gasteiger partial charge in [0.15, 0.2) is 18.1 Å². The maximum Gasteiger partial charge on any atom is 0.257 e. The molecule has 5 aromatic rings. The number of halogens is 1. The molecule has 0 bridgehead atoms. The van der Waals surface area contributed by atoms with E-state index in [0.717, 1.165) is 18.4 Å². The lowest BCUT2D eigenvalue weighted by atomic mass is 9.96. The third kappa shape index (κ3) is 6.65. The van der Waals surface area contributed by atoms with Crippen LogP contribution in [-0.4, -0.2) is 31.2 Å². The standard InChI is InChI=1S/C32H32FN5O4/c1-3-7-21(2)24-12-15-29-27(16-24)36-37-38(29)42-20-28-31(41-19-23-8-5-4-6-9-23)30(39)26(18-34-28)32(40)35-17-22-10-13-25(33)14-11-22/h4-6,8-16,18,21H,3,7,17,19-20H2,1-2H3,(H,34,39)(H,35,40). The van der Waals surface area contributed by atoms with Crippen LogP contribution >= 0.6 is 0 Å². The third-order valence-corrected chi connectivity index (χ3v) is 6.97. The summed E-state index contributed by atoms with van der Waals surface area (Å²) in [6.45, 7) is 4.52. The molecule has 0 saturated carbocycles. The molecule has 0 spiro atoms. The van der Waals surface area contributed by atoms with Crippen molar-refractivity contribution in [1.82, 2.24) is 25.5 Å². The Bertz CT molecular complexity index is 1660. The average Bonchev–Trinajstić information content (AvgIpc) is 3.42. The number of rotatable bonds is 12. The summed E-state index contributed by atoms with van der Waals surface area (Å²) in [7, 11) is 0. The Balaban J connectivity index is 1.36. The van der Waals surface area contributed by atoms with Gasteiger partial charge in [-0.3, -0.25) is 9.78 Å². The number of amides is 1. The van der Waals surface area contributed by atoms with Crippen molar-refractivity contribution in [2.45, 2.75) is 52.4 Å². The van der Waals surface area contributed by atoms with E-state index in [9.17, 15) is 14.3 Å². The first-order valence-corrected chi connectivity index (χ1v) is 13.8. The van der Waals surface area contributed by atoms with Crippen LogP contribution in [0.1, 0.15) is 65.3 Å². The van der Waals surface area contributed by atoms with E-state index in [1.54, 1.807) is 12.1 Å². The SMILES string of the molecule is CCCC(C)c1ccc2c(c1)nnn2OCc1ncc(C(=O)NCc2ccc(F)cc2)c(O)c1OCc1ccccc1. The highest BCUT2D eigenvalue weighted by Crippen LogP contribution is 2.34. The lowest BCUT2D eigenvalue weighted by molar-refractivity contribution is 0.0707. The molecule has 0 fully saturated rings. The van der Waals surface area contributed by atoms with Gasteiger partial charge in [-0.1, -0.05) is 73.6 Å². The first kappa shape index (κ1) is 28.5. The lowest BCUT2D eigenvalue weighted by Gasteiger charge is -2.15. The van der Waals surface area contributed by atoms with Gasteiger partial charge in [-0.25, -0.2) is 4.39 Å². The Kier molecular flexibility index (Phi) is 8.91. The van der Waals surface area contributed by atoms with Crippen molar-refractivity contribution in [3.63, 3.8) is 0 Å². The predicted octanol–water partition coefficient (Wildman–Crippen LogP) is 5.71. The van der Waals surface area contributed by atoms with Crippen molar-refractivity contribution < 1.29 is 23.9 Å². The Morgan fingerprint density at radius 3 is 2.60 bits per heavy atom. The van der Waals surface area contributed by atoms with Crippen molar-refractivity contribution in [2.24, 2.45) is 0 Å². The van der Waals surface area contributed by atoms with Crippen LogP contribution in [0.15, 0.2) is 79.0 Å². The molecule has 10 heteroatoms. The number of benzene rings is 3. The molecular formula is C32H32FN5O4. The molecule has 42 heavy (non-hydrogen) atoms. The van der Waals surface area contributed by atoms with Crippen LogP contribution in [-0.2, 0) is 19.8 Å². The fraction of sp³-hybridized carbons (Fsp3) is 0.250. The minimum absolute atomic E-state index is 0.0217. The molecule has 9 nitrogen and oxygen atoms in total. The topological polar surface area (TPSA) is 111 Å². The van der Waals surface area contributed by atoms with Crippen LogP contribution in [0.5, 0.6) is 11.5 Å². The molecule has 0 aliphatic carbocycles. The summed E-state index contributed by atoms with van der Waals surface area (Å²) in [6.07, 6.45) is 3.44. The van der Waals surface area contributed by atoms with Gasteiger partial charge in [0.1, 0.15) is 34.7 Å². The Hall–Kier alpha value is -4.99. The average molecular weight is 570 g/mol. The Morgan fingerprint density at radius 2 is 1.83 bits per heavy atom. The van der Waals surface area contributed by atoms with Gasteiger partial charge in [0.25, 0.3) is 5.91 Å². The second-order valence-corrected chi connectivity index (χ2v) is 10.1. The number of carbonyl (C=O) groups is 1. The van der Waals surface area contributed by atoms with Crippen molar-refractivity contribution in [2.75, 3.05) is 0 Å². The smallest absolute Gasteiger partial charge is 0.257 e. The van der Waals surface area contributed by atoms with Gasteiger partial charge in [0.2, 0.25) is 0 Å². The maximum absolute atomic E-state index is 13.2. The van der Waals surface area contributed by atoms with E-state index in [0.29, 0.717) is 22.5 Å². The summed E-state index contributed by atoms with van der Waals surface area (Å²) < 4.78 is 19.2. The molecule has 0 radical (unpaired) electrons. The van der Waals surface area contributed by atoms with Gasteiger partial charge in [-0.2, -0.15) is 0 Å². The molecule has 3 aromatic carbocycles. The summed E-state index contributed by atoms with van der Waals surface area (Å²) in [6, 6.07) is 21.2. The number of nitrogens with zero attached hydrogens (tertiary/aromatic N) is 4. The molecule has 0 aliphatic heterocycles. The van der Waals surface area contributed by atoms with Crippen molar-refractivity contribution >= 4 is 16.9 Å². The summed E-state index contributed by atoms with van der Waals surface area (Å²) >= 11 is 0. The molecule has 0 aliphatic rings. The fourth-order valence-corrected chi connectivity index (χ4v) is 4.59. The van der Waals surface area contributed by atoms with E-state index in [2.05, 4.69) is 34.5 Å². The van der Waals surface area contributed by atoms with Crippen molar-refractivity contribution in [1.29, 1.82) is 0 Å². The molecule has 2 heterocycles. The second-order valence-electron chi connectivity index (χ2n) is 10.1. The van der Waals surface area contributed by atoms with E-state index in [-0.39, 0.29) is 48.3 Å². The second kappa shape index (κ2) is 13.1. The van der Waals surface area contributed by atoms with Gasteiger partial charge < -0.3 is 20.0 Å². The molecule has 1 unspecified atom stereocenters. The number of pyridine rings is 1. The quantitative estimate of drug-likeness (QED) is 0.198. The van der Waals surface area contributed by atoms with Crippen molar-refractivity contribution in [3.8, 4) is 11.5 Å². The highest BCUT2D eigenvalue weighted by atomic mass is 19.1. The minimum Gasteiger partial charge on any atom is -0.504 e. The Morgan fingerprint density at radius 1 is 1.05 bits per heavy atom. The monoisotopic (exact) mass is 569 g/mol. The number of nitrogens with one attached hydrogen (secondary N) is 1. The number of aromatic hydroxyl groups is 1. The normalized spacial score (nSPS) is 11.8. The van der Waals surface area contributed by atoms with Gasteiger partial charge in [-0.15, -0.1) is 5.10 Å². The summed E-state index contributed by atoms with van der Waals surface area (Å²) in [5.41, 5.74) is 4.36. The van der Waals surface area contributed by atoms with Crippen LogP contribution in [0.4, 0.5) is 4.39 Å². The summed E-state index contributed by atoms with van der Waals surface area (Å²) in [4.78, 5) is 24.6. The van der Waals surface area contributed by atoms with E-state index < -0.39 is 5.91 Å². The molecule has 1 amide bonds. The van der Waals surface area contributed by atoms with Gasteiger partial charge in [0, 0.05) is 12.7 Å². The lowest BCUT2D eigenvalue weighted by Crippen LogP contribution is -2.23. The number of hydrogen-bond donors (Lipinski definition) is 2. The highest BCUT2D eigenvalue weighted by Gasteiger charge is 2.22. The van der Waals surface area contributed by atoms with Gasteiger partial charge in [-0.05, 0) is 58.5 Å². The molecule has 5 rings (SSSR count). The van der Waals surface area contributed by atoms with E-state index >= 15 is 0 Å². The van der Waals surface area contributed by atoms with E-state index in [1.165, 1.54) is 28.7 Å². The van der Waals surface area contributed by atoms with Gasteiger partial charge >= 0.3 is 0 Å². The zero-order valence-corrected chi connectivity index (χ0v) is 23.5. The number of aromatic nitrogens is 4. The molecule has 216 valence electrons. The number of fused-ring (bicyclic) bond motifs is 1. The number of hydrogen-bond acceptors (Lipinski definition) is 7. The molecule has 0 saturated heterocycles. The maximum atomic E-state index is 13.2. The molecular weight excluding hydrogens is 537 g/mol. The van der Waals surface area contributed by atoms with Crippen LogP contribution in [0.25, 0.3) is 11.0 Å². The summed E-state index contributed by atoms with van der Waals surface area (Å²) in [5.74, 6) is -0.859. The first-order valence-electron chi connectivity index (χ1n) is 13.8. The first-order chi connectivity index (χ1) is 20.4. The summed E-state index contributed by atoms with van der Waals surface area (Å²) in [5, 5.41) is 22.2. The number of ether oxygens (including phenoxy) is 1. The predicted molar refractivity (Wildman–Crippen MR) is 155 cm³/mol. The van der Waals surface area contributed by atoms with E-state index in [4.69, 9.17) is 9.57 Å². The third-order valence-electron chi connectivity index (χ3n) is 6.97. The molecule has 1 atom stereocenters. The molecule has 2 aromatic heterocycles.